The smallest absolute Gasteiger partial charge is 0.171 e. The molecule has 0 fully saturated rings. The normalized spacial score (nSPS) is 14.2. The Hall–Kier alpha value is -1.53. The summed E-state index contributed by atoms with van der Waals surface area (Å²) in [5.41, 5.74) is 11.9. The molecule has 0 aliphatic heterocycles. The number of halogens is 2. The summed E-state index contributed by atoms with van der Waals surface area (Å²) in [6.07, 6.45) is 6.74. The maximum Gasteiger partial charge on any atom is -0.171 e. The van der Waals surface area contributed by atoms with E-state index >= 15 is 0 Å². The third-order valence-corrected chi connectivity index (χ3v) is 7.21. The van der Waals surface area contributed by atoms with Gasteiger partial charge in [0.15, 0.2) is 0 Å². The van der Waals surface area contributed by atoms with Gasteiger partial charge < -0.3 is 6.92 Å². The number of hydrogen-bond donors (Lipinski definition) is 0. The average molecular weight is 711 g/mol. The molecule has 0 N–H and O–H groups in total. The molecule has 0 aromatic heterocycles. The molecule has 0 radical (unpaired) electrons. The third-order valence-electron chi connectivity index (χ3n) is 7.21. The van der Waals surface area contributed by atoms with Crippen LogP contribution in [0.1, 0.15) is 105 Å². The summed E-state index contributed by atoms with van der Waals surface area (Å²) in [4.78, 5) is 0. The van der Waals surface area contributed by atoms with Crippen LogP contribution in [0.4, 0.5) is 0 Å². The van der Waals surface area contributed by atoms with Crippen molar-refractivity contribution in [1.29, 1.82) is 0 Å². The fourth-order valence-corrected chi connectivity index (χ4v) is 4.98. The Morgan fingerprint density at radius 2 is 1.30 bits per heavy atom. The van der Waals surface area contributed by atoms with E-state index in [-0.39, 0.29) is 35.6 Å². The minimum Gasteiger partial charge on any atom is -0.184 e. The summed E-state index contributed by atoms with van der Waals surface area (Å²) in [6.45, 7) is 29.7. The molecule has 3 heteroatoms. The molecule has 2 aliphatic rings. The predicted molar refractivity (Wildman–Crippen MR) is 198 cm³/mol. The van der Waals surface area contributed by atoms with Gasteiger partial charge in [0.05, 0.1) is 0 Å². The Bertz CT molecular complexity index is 1230. The second-order valence-electron chi connectivity index (χ2n) is 13.8. The van der Waals surface area contributed by atoms with Crippen molar-refractivity contribution >= 4 is 29.0 Å². The summed E-state index contributed by atoms with van der Waals surface area (Å²) in [5.74, 6) is 0.518. The van der Waals surface area contributed by atoms with Crippen LogP contribution in [0.3, 0.4) is 0 Å². The fourth-order valence-electron chi connectivity index (χ4n) is 4.98. The van der Waals surface area contributed by atoms with E-state index in [1.807, 2.05) is 30.3 Å². The van der Waals surface area contributed by atoms with Crippen molar-refractivity contribution in [3.63, 3.8) is 0 Å². The monoisotopic (exact) mass is 708 g/mol. The van der Waals surface area contributed by atoms with Gasteiger partial charge in [-0.05, 0) is 17.4 Å². The van der Waals surface area contributed by atoms with E-state index in [4.69, 9.17) is 0 Å². The molecule has 0 amide bonds. The Morgan fingerprint density at radius 3 is 1.66 bits per heavy atom. The van der Waals surface area contributed by atoms with E-state index in [1.165, 1.54) is 68.8 Å². The molecule has 0 nitrogen and oxygen atoms in total. The van der Waals surface area contributed by atoms with Crippen molar-refractivity contribution in [2.45, 2.75) is 100 Å². The van der Waals surface area contributed by atoms with Gasteiger partial charge in [-0.25, -0.2) is 5.57 Å². The van der Waals surface area contributed by atoms with Crippen molar-refractivity contribution in [3.8, 4) is 11.1 Å². The maximum atomic E-state index is 3.53. The SMILES string of the molecule is CC(C)(C)c1c[c-]c2c(c1)-c1cc(C(C)(C)C)ccc1C2.CC1=[C-]C(C)C=C1C(C)(C)C.Cl.Cl.[CH2-]C.[CH2]=[Zr].[c-]1ccccc1. The Balaban J connectivity index is 0. The van der Waals surface area contributed by atoms with Crippen molar-refractivity contribution in [2.24, 2.45) is 11.3 Å². The first kappa shape index (κ1) is 44.6. The van der Waals surface area contributed by atoms with Crippen LogP contribution in [0, 0.1) is 36.5 Å². The van der Waals surface area contributed by atoms with Gasteiger partial charge in [0.2, 0.25) is 0 Å². The molecular weight excluding hydrogens is 655 g/mol. The minimum atomic E-state index is 0. The first-order valence-corrected chi connectivity index (χ1v) is 16.8. The Morgan fingerprint density at radius 1 is 0.773 bits per heavy atom. The zero-order valence-corrected chi connectivity index (χ0v) is 33.5. The topological polar surface area (TPSA) is 0 Å². The van der Waals surface area contributed by atoms with Crippen LogP contribution in [-0.2, 0) is 41.5 Å². The molecule has 1 unspecified atom stereocenters. The van der Waals surface area contributed by atoms with E-state index in [0.717, 1.165) is 6.42 Å². The molecule has 2 aliphatic carbocycles. The summed E-state index contributed by atoms with van der Waals surface area (Å²) < 4.78 is 3.34. The van der Waals surface area contributed by atoms with Crippen molar-refractivity contribution < 1.29 is 24.2 Å². The third kappa shape index (κ3) is 13.5. The number of rotatable bonds is 0. The summed E-state index contributed by atoms with van der Waals surface area (Å²) in [6, 6.07) is 27.6. The van der Waals surface area contributed by atoms with E-state index in [1.54, 1.807) is 6.92 Å². The molecule has 1 atom stereocenters. The minimum absolute atomic E-state index is 0. The van der Waals surface area contributed by atoms with Gasteiger partial charge in [0.1, 0.15) is 0 Å². The van der Waals surface area contributed by atoms with Gasteiger partial charge in [-0.2, -0.15) is 84.3 Å². The van der Waals surface area contributed by atoms with Gasteiger partial charge >= 0.3 is 28.4 Å². The van der Waals surface area contributed by atoms with Crippen molar-refractivity contribution in [1.82, 2.24) is 0 Å². The van der Waals surface area contributed by atoms with Crippen LogP contribution in [0.2, 0.25) is 0 Å². The molecule has 5 rings (SSSR count). The molecule has 0 spiro atoms. The first-order chi connectivity index (χ1) is 19.6. The van der Waals surface area contributed by atoms with Gasteiger partial charge in [0, 0.05) is 0 Å². The standard InChI is InChI=1S/C21H25.C11H17.C6H5.C2H5.CH2.2ClH.Zr/c1-20(2,3)16-9-7-14-11-15-8-10-17(21(4,5)6)13-19(15)18(14)12-16;1-8-6-9(2)10(7-8)11(3,4)5;1-2-4-6-5-3-1;1-2;;;;/h7,9-10,12-13H,11H2,1-6H3;7-8H,1-5H3;1-5H;1H2,2H3;1H2;2*1H;/q4*-1;;;;. The molecule has 242 valence electrons. The number of fused-ring (bicyclic) bond motifs is 3. The fraction of sp³-hybridized carbons (Fsp3) is 0.415. The molecule has 0 heterocycles. The summed E-state index contributed by atoms with van der Waals surface area (Å²) in [5, 5.41) is 0. The second kappa shape index (κ2) is 19.9. The van der Waals surface area contributed by atoms with Gasteiger partial charge in [-0.15, -0.1) is 30.4 Å². The van der Waals surface area contributed by atoms with Crippen LogP contribution in [0.5, 0.6) is 0 Å². The van der Waals surface area contributed by atoms with Crippen LogP contribution < -0.4 is 0 Å². The summed E-state index contributed by atoms with van der Waals surface area (Å²) in [7, 11) is 0. The van der Waals surface area contributed by atoms with Crippen molar-refractivity contribution in [3.05, 3.63) is 125 Å². The van der Waals surface area contributed by atoms with Gasteiger partial charge in [-0.3, -0.25) is 6.08 Å². The zero-order chi connectivity index (χ0) is 32.3. The van der Waals surface area contributed by atoms with E-state index in [0.29, 0.717) is 11.3 Å². The van der Waals surface area contributed by atoms with Crippen LogP contribution in [0.25, 0.3) is 11.1 Å². The van der Waals surface area contributed by atoms with E-state index in [9.17, 15) is 0 Å². The molecule has 3 aromatic carbocycles. The van der Waals surface area contributed by atoms with E-state index < -0.39 is 0 Å². The van der Waals surface area contributed by atoms with Crippen LogP contribution >= 0.6 is 24.8 Å². The Labute approximate surface area is 299 Å². The van der Waals surface area contributed by atoms with Crippen molar-refractivity contribution in [2.75, 3.05) is 0 Å². The quantitative estimate of drug-likeness (QED) is 0.159. The number of allylic oxidation sites excluding steroid dienone is 4. The van der Waals surface area contributed by atoms with Crippen LogP contribution in [0.15, 0.2) is 77.9 Å². The number of hydrogen-bond acceptors (Lipinski definition) is 0. The zero-order valence-electron chi connectivity index (χ0n) is 29.4. The average Bonchev–Trinajstić information content (AvgIpc) is 3.49. The largest absolute Gasteiger partial charge is 0.184 e. The predicted octanol–water partition coefficient (Wildman–Crippen LogP) is 12.1. The summed E-state index contributed by atoms with van der Waals surface area (Å²) >= 11 is 1.30. The maximum absolute atomic E-state index is 3.53. The molecule has 3 aromatic rings. The van der Waals surface area contributed by atoms with Gasteiger partial charge in [0.25, 0.3) is 0 Å². The van der Waals surface area contributed by atoms with E-state index in [2.05, 4.69) is 142 Å². The molecule has 0 saturated heterocycles. The second-order valence-corrected chi connectivity index (χ2v) is 13.8. The van der Waals surface area contributed by atoms with Gasteiger partial charge in [-0.1, -0.05) is 122 Å². The first-order valence-electron chi connectivity index (χ1n) is 15.1. The number of benzene rings is 3. The van der Waals surface area contributed by atoms with Crippen LogP contribution in [-0.4, -0.2) is 4.21 Å². The molecule has 44 heavy (non-hydrogen) atoms. The Kier molecular flexibility index (Phi) is 20.1. The molecule has 0 saturated carbocycles. The molecular formula is C41H56Cl2Zr-4. The molecule has 0 bridgehead atoms.